The molecule has 1 aliphatic rings. The number of alkyl halides is 3. The smallest absolute Gasteiger partial charge is 0.294 e. The van der Waals surface area contributed by atoms with E-state index in [2.05, 4.69) is 15.1 Å². The van der Waals surface area contributed by atoms with Crippen molar-refractivity contribution in [3.05, 3.63) is 57.3 Å². The number of hydrogen-bond acceptors (Lipinski definition) is 3. The molecule has 1 N–H and O–H groups in total. The Balaban J connectivity index is 1.85. The predicted octanol–water partition coefficient (Wildman–Crippen LogP) is 5.27. The molecule has 5 nitrogen and oxygen atoms in total. The summed E-state index contributed by atoms with van der Waals surface area (Å²) in [5, 5.41) is 2.29. The highest BCUT2D eigenvalue weighted by atomic mass is 19.4. The first-order valence-electron chi connectivity index (χ1n) is 10.00. The van der Waals surface area contributed by atoms with Gasteiger partial charge in [0.05, 0.1) is 22.2 Å². The van der Waals surface area contributed by atoms with E-state index >= 15 is 8.78 Å². The van der Waals surface area contributed by atoms with E-state index in [1.807, 2.05) is 0 Å². The lowest BCUT2D eigenvalue weighted by molar-refractivity contribution is -0.143. The van der Waals surface area contributed by atoms with Crippen molar-refractivity contribution >= 4 is 21.8 Å². The second-order valence-corrected chi connectivity index (χ2v) is 8.22. The maximum Gasteiger partial charge on any atom is 0.408 e. The summed E-state index contributed by atoms with van der Waals surface area (Å²) in [5.74, 6) is -1.99. The zero-order chi connectivity index (χ0) is 22.9. The van der Waals surface area contributed by atoms with Gasteiger partial charge in [0, 0.05) is 22.7 Å². The number of aromatic nitrogens is 4. The Morgan fingerprint density at radius 2 is 1.75 bits per heavy atom. The third-order valence-corrected chi connectivity index (χ3v) is 5.58. The minimum Gasteiger partial charge on any atom is -0.294 e. The van der Waals surface area contributed by atoms with Gasteiger partial charge in [0.1, 0.15) is 17.9 Å². The third-order valence-electron chi connectivity index (χ3n) is 5.58. The van der Waals surface area contributed by atoms with E-state index in [1.54, 1.807) is 26.0 Å². The van der Waals surface area contributed by atoms with Crippen molar-refractivity contribution in [2.24, 2.45) is 0 Å². The maximum absolute atomic E-state index is 15.6. The van der Waals surface area contributed by atoms with Gasteiger partial charge >= 0.3 is 6.18 Å². The SMILES string of the molecule is Cc1cc(-c2c(F)cc3c(nc(C4CC4)c4c(=O)n(CC(F)(F)F)[nH]c43)c2F)cc(C)n1. The van der Waals surface area contributed by atoms with E-state index in [1.165, 1.54) is 0 Å². The van der Waals surface area contributed by atoms with Crippen molar-refractivity contribution in [3.8, 4) is 11.1 Å². The molecule has 0 saturated heterocycles. The van der Waals surface area contributed by atoms with Gasteiger partial charge in [-0.15, -0.1) is 0 Å². The molecular formula is C22H17F5N4O. The van der Waals surface area contributed by atoms with Crippen molar-refractivity contribution < 1.29 is 22.0 Å². The summed E-state index contributed by atoms with van der Waals surface area (Å²) in [6.45, 7) is 1.87. The van der Waals surface area contributed by atoms with E-state index in [9.17, 15) is 18.0 Å². The van der Waals surface area contributed by atoms with Gasteiger partial charge in [-0.05, 0) is 50.5 Å². The van der Waals surface area contributed by atoms with Crippen LogP contribution in [0.2, 0.25) is 0 Å². The molecule has 0 atom stereocenters. The van der Waals surface area contributed by atoms with Gasteiger partial charge in [0.2, 0.25) is 0 Å². The minimum atomic E-state index is -4.64. The first-order chi connectivity index (χ1) is 15.0. The molecule has 0 radical (unpaired) electrons. The Labute approximate surface area is 177 Å². The van der Waals surface area contributed by atoms with E-state index in [4.69, 9.17) is 0 Å². The highest BCUT2D eigenvalue weighted by Gasteiger charge is 2.34. The zero-order valence-electron chi connectivity index (χ0n) is 17.1. The number of rotatable bonds is 3. The topological polar surface area (TPSA) is 63.6 Å². The normalized spacial score (nSPS) is 14.6. The van der Waals surface area contributed by atoms with Crippen LogP contribution in [0.15, 0.2) is 23.0 Å². The number of pyridine rings is 2. The second-order valence-electron chi connectivity index (χ2n) is 8.22. The summed E-state index contributed by atoms with van der Waals surface area (Å²) in [6, 6.07) is 4.10. The molecule has 3 heterocycles. The molecular weight excluding hydrogens is 431 g/mol. The average Bonchev–Trinajstić information content (AvgIpc) is 3.45. The number of halogens is 5. The van der Waals surface area contributed by atoms with E-state index in [0.717, 1.165) is 6.07 Å². The third kappa shape index (κ3) is 3.34. The van der Waals surface area contributed by atoms with Crippen molar-refractivity contribution in [1.82, 2.24) is 19.7 Å². The van der Waals surface area contributed by atoms with Gasteiger partial charge in [0.15, 0.2) is 5.82 Å². The summed E-state index contributed by atoms with van der Waals surface area (Å²) in [7, 11) is 0. The molecule has 0 unspecified atom stereocenters. The molecule has 166 valence electrons. The van der Waals surface area contributed by atoms with Gasteiger partial charge < -0.3 is 0 Å². The van der Waals surface area contributed by atoms with Crippen molar-refractivity contribution in [3.63, 3.8) is 0 Å². The first-order valence-corrected chi connectivity index (χ1v) is 10.00. The Hall–Kier alpha value is -3.30. The van der Waals surface area contributed by atoms with Crippen LogP contribution in [0, 0.1) is 25.5 Å². The van der Waals surface area contributed by atoms with Gasteiger partial charge in [0.25, 0.3) is 5.56 Å². The molecule has 4 aromatic rings. The van der Waals surface area contributed by atoms with Crippen LogP contribution >= 0.6 is 0 Å². The fourth-order valence-electron chi connectivity index (χ4n) is 4.19. The molecule has 0 spiro atoms. The molecule has 1 saturated carbocycles. The average molecular weight is 448 g/mol. The zero-order valence-corrected chi connectivity index (χ0v) is 17.1. The van der Waals surface area contributed by atoms with Gasteiger partial charge in [-0.2, -0.15) is 13.2 Å². The van der Waals surface area contributed by atoms with E-state index in [0.29, 0.717) is 28.9 Å². The fraction of sp³-hybridized carbons (Fsp3) is 0.318. The van der Waals surface area contributed by atoms with Crippen LogP contribution in [0.3, 0.4) is 0 Å². The number of H-pyrrole nitrogens is 1. The van der Waals surface area contributed by atoms with Crippen LogP contribution in [0.1, 0.15) is 35.8 Å². The van der Waals surface area contributed by atoms with Crippen molar-refractivity contribution in [2.75, 3.05) is 0 Å². The van der Waals surface area contributed by atoms with Gasteiger partial charge in [-0.3, -0.25) is 14.9 Å². The van der Waals surface area contributed by atoms with Crippen LogP contribution in [0.25, 0.3) is 32.9 Å². The number of aromatic amines is 1. The molecule has 5 rings (SSSR count). The summed E-state index contributed by atoms with van der Waals surface area (Å²) in [6.07, 6.45) is -3.26. The molecule has 0 aliphatic heterocycles. The lowest BCUT2D eigenvalue weighted by atomic mass is 9.99. The standard InChI is InChI=1S/C22H17F5N4O/c1-9-5-12(6-10(2)28-9)15-14(23)7-13-19-16(21(32)31(30-19)8-22(25,26)27)18(11-3-4-11)29-20(13)17(15)24/h5-7,11,30H,3-4,8H2,1-2H3. The fourth-order valence-corrected chi connectivity index (χ4v) is 4.19. The molecule has 0 amide bonds. The van der Waals surface area contributed by atoms with Gasteiger partial charge in [-0.25, -0.2) is 18.4 Å². The number of benzene rings is 1. The molecule has 3 aromatic heterocycles. The Bertz CT molecular complexity index is 1440. The van der Waals surface area contributed by atoms with Crippen LogP contribution in [0.5, 0.6) is 0 Å². The lowest BCUT2D eigenvalue weighted by Gasteiger charge is -2.11. The molecule has 0 bridgehead atoms. The molecule has 1 fully saturated rings. The van der Waals surface area contributed by atoms with E-state index in [-0.39, 0.29) is 44.5 Å². The second kappa shape index (κ2) is 6.85. The lowest BCUT2D eigenvalue weighted by Crippen LogP contribution is -2.26. The maximum atomic E-state index is 15.6. The summed E-state index contributed by atoms with van der Waals surface area (Å²) < 4.78 is 70.0. The Morgan fingerprint density at radius 1 is 1.09 bits per heavy atom. The monoisotopic (exact) mass is 448 g/mol. The first kappa shape index (κ1) is 20.6. The highest BCUT2D eigenvalue weighted by Crippen LogP contribution is 2.43. The van der Waals surface area contributed by atoms with Crippen LogP contribution in [-0.2, 0) is 6.54 Å². The molecule has 1 aliphatic carbocycles. The number of nitrogens with zero attached hydrogens (tertiary/aromatic N) is 3. The molecule has 32 heavy (non-hydrogen) atoms. The minimum absolute atomic E-state index is 0.0439. The number of hydrogen-bond donors (Lipinski definition) is 1. The summed E-state index contributed by atoms with van der Waals surface area (Å²) >= 11 is 0. The van der Waals surface area contributed by atoms with Crippen LogP contribution < -0.4 is 5.56 Å². The van der Waals surface area contributed by atoms with Crippen LogP contribution in [-0.4, -0.2) is 25.9 Å². The number of aryl methyl sites for hydroxylation is 2. The van der Waals surface area contributed by atoms with Crippen molar-refractivity contribution in [1.29, 1.82) is 0 Å². The highest BCUT2D eigenvalue weighted by molar-refractivity contribution is 6.05. The quantitative estimate of drug-likeness (QED) is 0.434. The number of fused-ring (bicyclic) bond motifs is 3. The van der Waals surface area contributed by atoms with E-state index < -0.39 is 29.9 Å². The Kier molecular flexibility index (Phi) is 4.41. The molecule has 1 aromatic carbocycles. The van der Waals surface area contributed by atoms with Crippen molar-refractivity contribution in [2.45, 2.75) is 45.3 Å². The predicted molar refractivity (Wildman–Crippen MR) is 109 cm³/mol. The summed E-state index contributed by atoms with van der Waals surface area (Å²) in [5.41, 5.74) is 0.249. The van der Waals surface area contributed by atoms with Gasteiger partial charge in [-0.1, -0.05) is 0 Å². The largest absolute Gasteiger partial charge is 0.408 e. The molecule has 10 heteroatoms. The van der Waals surface area contributed by atoms with Crippen LogP contribution in [0.4, 0.5) is 22.0 Å². The summed E-state index contributed by atoms with van der Waals surface area (Å²) in [4.78, 5) is 21.3. The number of nitrogens with one attached hydrogen (secondary N) is 1. The Morgan fingerprint density at radius 3 is 2.34 bits per heavy atom.